The van der Waals surface area contributed by atoms with Gasteiger partial charge >= 0.3 is 0 Å². The summed E-state index contributed by atoms with van der Waals surface area (Å²) in [5.41, 5.74) is 20.1. The first-order valence-electron chi connectivity index (χ1n) is 27.3. The molecule has 12 aromatic rings. The van der Waals surface area contributed by atoms with Gasteiger partial charge in [0.15, 0.2) is 0 Å². The molecule has 368 valence electrons. The van der Waals surface area contributed by atoms with Crippen molar-refractivity contribution in [2.75, 3.05) is 9.80 Å². The summed E-state index contributed by atoms with van der Waals surface area (Å²) in [6.07, 6.45) is 0. The molecule has 0 fully saturated rings. The molecule has 3 aliphatic rings. The fourth-order valence-electron chi connectivity index (χ4n) is 14.1. The highest BCUT2D eigenvalue weighted by atomic mass is 28.3. The second kappa shape index (κ2) is 16.7. The first kappa shape index (κ1) is 45.8. The maximum absolute atomic E-state index is 2.55. The highest BCUT2D eigenvalue weighted by Crippen LogP contribution is 2.53. The summed E-state index contributed by atoms with van der Waals surface area (Å²) in [5.74, 6) is 0. The molecule has 0 spiro atoms. The molecule has 0 radical (unpaired) electrons. The number of anilines is 6. The SMILES string of the molecule is CC1(C)c2ccccc2-c2ccc(-c3ccccc3-c3c4ccc(N5c6ccccc6[Si](C)(C)c6ccccc65)cc4c(-c4ccc5ccccc5c4)c4ccc(N5c6ccccc6[Si](C)(C)c6ccccc65)cc34)cc21. The van der Waals surface area contributed by atoms with Crippen molar-refractivity contribution in [1.29, 1.82) is 0 Å². The maximum Gasteiger partial charge on any atom is 0.117 e. The zero-order valence-electron chi connectivity index (χ0n) is 44.5. The molecule has 0 aromatic heterocycles. The lowest BCUT2D eigenvalue weighted by Gasteiger charge is -2.41. The zero-order valence-corrected chi connectivity index (χ0v) is 46.5. The summed E-state index contributed by atoms with van der Waals surface area (Å²) in [4.78, 5) is 5.10. The van der Waals surface area contributed by atoms with E-state index in [-0.39, 0.29) is 5.41 Å². The fraction of sp³-hybridized carbons (Fsp3) is 0.0959. The minimum absolute atomic E-state index is 0.134. The molecule has 1 aliphatic carbocycles. The summed E-state index contributed by atoms with van der Waals surface area (Å²) in [6.45, 7) is 14.8. The predicted octanol–water partition coefficient (Wildman–Crippen LogP) is 17.7. The normalized spacial score (nSPS) is 15.1. The summed E-state index contributed by atoms with van der Waals surface area (Å²) < 4.78 is 0. The highest BCUT2D eigenvalue weighted by molar-refractivity contribution is 7.03. The number of fused-ring (bicyclic) bond motifs is 10. The van der Waals surface area contributed by atoms with Crippen LogP contribution in [0.5, 0.6) is 0 Å². The number of nitrogens with zero attached hydrogens (tertiary/aromatic N) is 2. The van der Waals surface area contributed by atoms with Crippen LogP contribution in [0.4, 0.5) is 34.1 Å². The lowest BCUT2D eigenvalue weighted by Crippen LogP contribution is -2.58. The molecule has 0 N–H and O–H groups in total. The Morgan fingerprint density at radius 3 is 1.30 bits per heavy atom. The smallest absolute Gasteiger partial charge is 0.117 e. The summed E-state index contributed by atoms with van der Waals surface area (Å²) in [5, 5.41) is 13.2. The van der Waals surface area contributed by atoms with Gasteiger partial charge in [-0.1, -0.05) is 222 Å². The van der Waals surface area contributed by atoms with Gasteiger partial charge in [-0.3, -0.25) is 0 Å². The van der Waals surface area contributed by atoms with E-state index in [1.807, 2.05) is 0 Å². The molecule has 0 amide bonds. The molecule has 2 nitrogen and oxygen atoms in total. The van der Waals surface area contributed by atoms with E-state index in [9.17, 15) is 0 Å². The van der Waals surface area contributed by atoms with Crippen molar-refractivity contribution in [2.24, 2.45) is 0 Å². The summed E-state index contributed by atoms with van der Waals surface area (Å²) in [7, 11) is -4.06. The summed E-state index contributed by atoms with van der Waals surface area (Å²) >= 11 is 0. The molecule has 2 aliphatic heterocycles. The molecule has 0 unspecified atom stereocenters. The van der Waals surface area contributed by atoms with Crippen molar-refractivity contribution in [2.45, 2.75) is 45.5 Å². The maximum atomic E-state index is 2.55. The third-order valence-electron chi connectivity index (χ3n) is 18.0. The molecule has 0 bridgehead atoms. The Bertz CT molecular complexity index is 4370. The van der Waals surface area contributed by atoms with E-state index < -0.39 is 16.1 Å². The van der Waals surface area contributed by atoms with Crippen LogP contribution in [0.3, 0.4) is 0 Å². The van der Waals surface area contributed by atoms with Crippen LogP contribution in [-0.4, -0.2) is 16.1 Å². The molecule has 12 aromatic carbocycles. The number of rotatable bonds is 5. The first-order valence-corrected chi connectivity index (χ1v) is 33.3. The van der Waals surface area contributed by atoms with Crippen molar-refractivity contribution in [3.63, 3.8) is 0 Å². The molecule has 4 heteroatoms. The Kier molecular flexibility index (Phi) is 9.95. The molecule has 15 rings (SSSR count). The van der Waals surface area contributed by atoms with Gasteiger partial charge in [0.05, 0.1) is 0 Å². The van der Waals surface area contributed by atoms with Crippen LogP contribution in [0.25, 0.3) is 76.8 Å². The van der Waals surface area contributed by atoms with Crippen molar-refractivity contribution in [3.05, 3.63) is 254 Å². The summed E-state index contributed by atoms with van der Waals surface area (Å²) in [6, 6.07) is 92.8. The van der Waals surface area contributed by atoms with Gasteiger partial charge in [0.25, 0.3) is 0 Å². The molecule has 0 saturated heterocycles. The Morgan fingerprint density at radius 2 is 0.727 bits per heavy atom. The second-order valence-corrected chi connectivity index (χ2v) is 31.9. The molecule has 77 heavy (non-hydrogen) atoms. The lowest BCUT2D eigenvalue weighted by molar-refractivity contribution is 0.660. The van der Waals surface area contributed by atoms with Crippen LogP contribution >= 0.6 is 0 Å². The van der Waals surface area contributed by atoms with E-state index in [1.165, 1.54) is 131 Å². The zero-order chi connectivity index (χ0) is 52.0. The fourth-order valence-corrected chi connectivity index (χ4v) is 20.1. The van der Waals surface area contributed by atoms with Gasteiger partial charge in [-0.25, -0.2) is 0 Å². The van der Waals surface area contributed by atoms with Gasteiger partial charge < -0.3 is 9.80 Å². The van der Waals surface area contributed by atoms with Gasteiger partial charge in [0, 0.05) is 39.5 Å². The van der Waals surface area contributed by atoms with E-state index in [4.69, 9.17) is 0 Å². The van der Waals surface area contributed by atoms with Gasteiger partial charge in [0.1, 0.15) is 16.1 Å². The third-order valence-corrected chi connectivity index (χ3v) is 25.1. The van der Waals surface area contributed by atoms with E-state index >= 15 is 0 Å². The van der Waals surface area contributed by atoms with E-state index in [1.54, 1.807) is 0 Å². The van der Waals surface area contributed by atoms with Gasteiger partial charge in [0.2, 0.25) is 0 Å². The van der Waals surface area contributed by atoms with Crippen LogP contribution < -0.4 is 30.5 Å². The van der Waals surface area contributed by atoms with E-state index in [0.29, 0.717) is 0 Å². The molecule has 0 atom stereocenters. The standard InChI is InChI=1S/C73H58N2Si2/c1-73(2)61-26-12-11-24-54(61)55-40-37-49(44-62(55)73)53-23-9-10-25-56(53)72-58-42-39-51(74-63-27-13-17-31-67(63)76(3,4)68-32-18-14-28-64(68)74)45-59(58)71(50-36-35-47-21-7-8-22-48(47)43-50)57-41-38-52(46-60(57)72)75-65-29-15-19-33-69(65)77(5,6)70-34-20-16-30-66(70)75/h7-46H,1-6H3. The largest absolute Gasteiger partial charge is 0.311 e. The minimum atomic E-state index is -2.03. The lowest BCUT2D eigenvalue weighted by atomic mass is 9.80. The van der Waals surface area contributed by atoms with Crippen molar-refractivity contribution < 1.29 is 0 Å². The van der Waals surface area contributed by atoms with Crippen molar-refractivity contribution in [1.82, 2.24) is 0 Å². The average molecular weight is 1020 g/mol. The Labute approximate surface area is 454 Å². The molecular weight excluding hydrogens is 961 g/mol. The molecular formula is C73H58N2Si2. The van der Waals surface area contributed by atoms with Gasteiger partial charge in [-0.2, -0.15) is 0 Å². The van der Waals surface area contributed by atoms with Crippen molar-refractivity contribution in [3.8, 4) is 44.5 Å². The molecule has 2 heterocycles. The first-order chi connectivity index (χ1) is 37.5. The topological polar surface area (TPSA) is 6.48 Å². The predicted molar refractivity (Wildman–Crippen MR) is 336 cm³/mol. The van der Waals surface area contributed by atoms with Crippen molar-refractivity contribution >= 4 is 103 Å². The average Bonchev–Trinajstić information content (AvgIpc) is 3.80. The van der Waals surface area contributed by atoms with Crippen LogP contribution in [0, 0.1) is 0 Å². The van der Waals surface area contributed by atoms with Crippen LogP contribution in [0.1, 0.15) is 25.0 Å². The quantitative estimate of drug-likeness (QED) is 0.125. The number of hydrogen-bond acceptors (Lipinski definition) is 2. The second-order valence-electron chi connectivity index (χ2n) is 23.2. The Hall–Kier alpha value is -8.55. The van der Waals surface area contributed by atoms with Crippen LogP contribution in [-0.2, 0) is 5.41 Å². The van der Waals surface area contributed by atoms with Gasteiger partial charge in [-0.15, -0.1) is 0 Å². The number of hydrogen-bond donors (Lipinski definition) is 0. The van der Waals surface area contributed by atoms with E-state index in [2.05, 4.69) is 292 Å². The molecule has 0 saturated carbocycles. The Balaban J connectivity index is 1.06. The van der Waals surface area contributed by atoms with Crippen LogP contribution in [0.15, 0.2) is 243 Å². The third kappa shape index (κ3) is 6.65. The van der Waals surface area contributed by atoms with E-state index in [0.717, 1.165) is 11.4 Å². The van der Waals surface area contributed by atoms with Crippen LogP contribution in [0.2, 0.25) is 26.2 Å². The number of benzene rings is 12. The highest BCUT2D eigenvalue weighted by Gasteiger charge is 2.41. The van der Waals surface area contributed by atoms with Gasteiger partial charge in [-0.05, 0) is 169 Å². The minimum Gasteiger partial charge on any atom is -0.311 e. The number of para-hydroxylation sites is 4. The monoisotopic (exact) mass is 1020 g/mol. The Morgan fingerprint density at radius 1 is 0.299 bits per heavy atom.